The summed E-state index contributed by atoms with van der Waals surface area (Å²) in [6, 6.07) is 12.1. The highest BCUT2D eigenvalue weighted by Gasteiger charge is 2.21. The van der Waals surface area contributed by atoms with Crippen molar-refractivity contribution in [2.45, 2.75) is 4.90 Å². The first kappa shape index (κ1) is 18.0. The molecule has 0 amide bonds. The number of aromatic hydroxyl groups is 2. The van der Waals surface area contributed by atoms with Gasteiger partial charge in [-0.15, -0.1) is 10.2 Å². The van der Waals surface area contributed by atoms with Crippen LogP contribution >= 0.6 is 10.7 Å². The van der Waals surface area contributed by atoms with Crippen molar-refractivity contribution in [2.24, 2.45) is 10.2 Å². The molecule has 0 aliphatic carbocycles. The molecule has 0 radical (unpaired) electrons. The van der Waals surface area contributed by atoms with E-state index in [1.54, 1.807) is 24.3 Å². The van der Waals surface area contributed by atoms with Crippen LogP contribution in [0, 0.1) is 0 Å². The van der Waals surface area contributed by atoms with Gasteiger partial charge in [0.25, 0.3) is 9.05 Å². The lowest BCUT2D eigenvalue weighted by Crippen LogP contribution is -1.93. The highest BCUT2D eigenvalue weighted by molar-refractivity contribution is 8.14. The zero-order valence-corrected chi connectivity index (χ0v) is 15.0. The van der Waals surface area contributed by atoms with Crippen LogP contribution in [0.25, 0.3) is 10.8 Å². The minimum atomic E-state index is -4.16. The number of azo groups is 1. The van der Waals surface area contributed by atoms with Crippen molar-refractivity contribution in [3.8, 4) is 17.2 Å². The lowest BCUT2D eigenvalue weighted by Gasteiger charge is -2.09. The Labute approximate surface area is 153 Å². The van der Waals surface area contributed by atoms with Crippen molar-refractivity contribution >= 4 is 41.9 Å². The maximum absolute atomic E-state index is 11.9. The smallest absolute Gasteiger partial charge is 0.262 e. The molecule has 0 aliphatic rings. The predicted molar refractivity (Wildman–Crippen MR) is 97.5 cm³/mol. The van der Waals surface area contributed by atoms with Crippen LogP contribution in [0.4, 0.5) is 11.4 Å². The number of phenols is 2. The fraction of sp³-hybridized carbons (Fsp3) is 0.0588. The summed E-state index contributed by atoms with van der Waals surface area (Å²) < 4.78 is 29.0. The lowest BCUT2D eigenvalue weighted by molar-refractivity contribution is 0.416. The second-order valence-electron chi connectivity index (χ2n) is 5.25. The molecule has 0 aliphatic heterocycles. The average Bonchev–Trinajstić information content (AvgIpc) is 2.60. The third kappa shape index (κ3) is 3.29. The third-order valence-electron chi connectivity index (χ3n) is 3.67. The molecule has 3 aromatic rings. The first-order valence-corrected chi connectivity index (χ1v) is 9.61. The monoisotopic (exact) mass is 392 g/mol. The van der Waals surface area contributed by atoms with E-state index in [1.165, 1.54) is 25.3 Å². The second-order valence-corrected chi connectivity index (χ2v) is 7.79. The summed E-state index contributed by atoms with van der Waals surface area (Å²) in [5.41, 5.74) is 0.214. The molecule has 134 valence electrons. The van der Waals surface area contributed by atoms with Crippen LogP contribution in [-0.2, 0) is 9.05 Å². The molecule has 0 unspecified atom stereocenters. The maximum Gasteiger partial charge on any atom is 0.262 e. The van der Waals surface area contributed by atoms with Gasteiger partial charge in [0.1, 0.15) is 22.9 Å². The van der Waals surface area contributed by atoms with Gasteiger partial charge in [-0.2, -0.15) is 0 Å². The van der Waals surface area contributed by atoms with Crippen LogP contribution in [0.15, 0.2) is 63.7 Å². The molecule has 7 nitrogen and oxygen atoms in total. The van der Waals surface area contributed by atoms with Crippen LogP contribution in [0.3, 0.4) is 0 Å². The normalized spacial score (nSPS) is 11.9. The highest BCUT2D eigenvalue weighted by atomic mass is 35.7. The molecular weight excluding hydrogens is 380 g/mol. The number of ether oxygens (including phenoxy) is 1. The van der Waals surface area contributed by atoms with Gasteiger partial charge in [-0.1, -0.05) is 24.3 Å². The molecule has 0 aromatic heterocycles. The molecule has 0 fully saturated rings. The topological polar surface area (TPSA) is 109 Å². The molecule has 3 rings (SSSR count). The van der Waals surface area contributed by atoms with Gasteiger partial charge in [-0.05, 0) is 24.3 Å². The zero-order valence-electron chi connectivity index (χ0n) is 13.4. The van der Waals surface area contributed by atoms with Gasteiger partial charge in [0.05, 0.1) is 17.4 Å². The summed E-state index contributed by atoms with van der Waals surface area (Å²) in [6.45, 7) is 0. The Balaban J connectivity index is 2.25. The Morgan fingerprint density at radius 1 is 1.00 bits per heavy atom. The van der Waals surface area contributed by atoms with E-state index >= 15 is 0 Å². The highest BCUT2D eigenvalue weighted by Crippen LogP contribution is 2.44. The lowest BCUT2D eigenvalue weighted by atomic mass is 10.1. The number of hydrogen-bond acceptors (Lipinski definition) is 7. The largest absolute Gasteiger partial charge is 0.507 e. The Bertz CT molecular complexity index is 1130. The fourth-order valence-electron chi connectivity index (χ4n) is 2.49. The van der Waals surface area contributed by atoms with E-state index in [0.29, 0.717) is 11.4 Å². The molecule has 9 heteroatoms. The van der Waals surface area contributed by atoms with Crippen LogP contribution in [0.2, 0.25) is 0 Å². The van der Waals surface area contributed by atoms with Gasteiger partial charge in [0.15, 0.2) is 5.75 Å². The van der Waals surface area contributed by atoms with Crippen LogP contribution in [0.1, 0.15) is 0 Å². The van der Waals surface area contributed by atoms with Gasteiger partial charge < -0.3 is 14.9 Å². The standard InChI is InChI=1S/C17H13ClN2O5S/c1-25-14-8-3-2-6-11(14)19-20-12-9-15(26(18,23)24)10-5-4-7-13(21)16(10)17(12)22/h2-9,21-22H,1H3. The number of rotatable bonds is 4. The molecule has 0 saturated heterocycles. The summed E-state index contributed by atoms with van der Waals surface area (Å²) >= 11 is 0. The minimum absolute atomic E-state index is 0.0775. The number of halogens is 1. The quantitative estimate of drug-likeness (QED) is 0.498. The van der Waals surface area contributed by atoms with Gasteiger partial charge in [0.2, 0.25) is 0 Å². The van der Waals surface area contributed by atoms with Crippen molar-refractivity contribution in [3.05, 3.63) is 48.5 Å². The van der Waals surface area contributed by atoms with E-state index in [2.05, 4.69) is 10.2 Å². The van der Waals surface area contributed by atoms with E-state index in [9.17, 15) is 18.6 Å². The van der Waals surface area contributed by atoms with Gasteiger partial charge in [-0.25, -0.2) is 8.42 Å². The van der Waals surface area contributed by atoms with E-state index in [-0.39, 0.29) is 27.1 Å². The van der Waals surface area contributed by atoms with Crippen LogP contribution in [-0.4, -0.2) is 25.7 Å². The molecule has 0 atom stereocenters. The van der Waals surface area contributed by atoms with Crippen molar-refractivity contribution in [1.29, 1.82) is 0 Å². The Hall–Kier alpha value is -2.84. The second kappa shape index (κ2) is 6.81. The first-order chi connectivity index (χ1) is 12.3. The number of phenolic OH excluding ortho intramolecular Hbond substituents is 2. The summed E-state index contributed by atoms with van der Waals surface area (Å²) in [5.74, 6) is -0.277. The van der Waals surface area contributed by atoms with Crippen LogP contribution < -0.4 is 4.74 Å². The van der Waals surface area contributed by atoms with Crippen molar-refractivity contribution in [3.63, 3.8) is 0 Å². The third-order valence-corrected chi connectivity index (χ3v) is 5.03. The van der Waals surface area contributed by atoms with E-state index in [4.69, 9.17) is 15.4 Å². The molecule has 26 heavy (non-hydrogen) atoms. The SMILES string of the molecule is COc1ccccc1N=Nc1cc(S(=O)(=O)Cl)c2cccc(O)c2c1O. The number of fused-ring (bicyclic) bond motifs is 1. The van der Waals surface area contributed by atoms with Gasteiger partial charge in [0, 0.05) is 16.1 Å². The molecular formula is C17H13ClN2O5S. The number of benzene rings is 3. The minimum Gasteiger partial charge on any atom is -0.507 e. The number of methoxy groups -OCH3 is 1. The molecule has 0 heterocycles. The van der Waals surface area contributed by atoms with Crippen LogP contribution in [0.5, 0.6) is 17.2 Å². The Morgan fingerprint density at radius 2 is 1.69 bits per heavy atom. The Kier molecular flexibility index (Phi) is 4.71. The van der Waals surface area contributed by atoms with Crippen molar-refractivity contribution in [1.82, 2.24) is 0 Å². The number of nitrogens with zero attached hydrogens (tertiary/aromatic N) is 2. The zero-order chi connectivity index (χ0) is 18.9. The van der Waals surface area contributed by atoms with Gasteiger partial charge >= 0.3 is 0 Å². The van der Waals surface area contributed by atoms with Crippen molar-refractivity contribution < 1.29 is 23.4 Å². The summed E-state index contributed by atoms with van der Waals surface area (Å²) in [7, 11) is 2.81. The maximum atomic E-state index is 11.9. The van der Waals surface area contributed by atoms with E-state index in [1.807, 2.05) is 0 Å². The molecule has 0 bridgehead atoms. The molecule has 3 aromatic carbocycles. The molecule has 0 spiro atoms. The predicted octanol–water partition coefficient (Wildman–Crippen LogP) is 4.60. The molecule has 2 N–H and O–H groups in total. The summed E-state index contributed by atoms with van der Waals surface area (Å²) in [5, 5.41) is 28.4. The Morgan fingerprint density at radius 3 is 2.38 bits per heavy atom. The average molecular weight is 393 g/mol. The first-order valence-electron chi connectivity index (χ1n) is 7.30. The molecule has 0 saturated carbocycles. The summed E-state index contributed by atoms with van der Waals surface area (Å²) in [4.78, 5) is -0.295. The summed E-state index contributed by atoms with van der Waals surface area (Å²) in [6.07, 6.45) is 0. The van der Waals surface area contributed by atoms with E-state index < -0.39 is 14.8 Å². The van der Waals surface area contributed by atoms with E-state index in [0.717, 1.165) is 6.07 Å². The van der Waals surface area contributed by atoms with Gasteiger partial charge in [-0.3, -0.25) is 0 Å². The fourth-order valence-corrected chi connectivity index (χ4v) is 3.56. The number of para-hydroxylation sites is 1. The number of hydrogen-bond donors (Lipinski definition) is 2. The van der Waals surface area contributed by atoms with Crippen molar-refractivity contribution in [2.75, 3.05) is 7.11 Å².